The standard InChI is InChI=1S/C17H15NO3/c19-16(20)11-12-4-3-6-14(10-12)18-9-8-13-5-1-2-7-15(13)17(18)21/h1-7,10H,8-9,11H2,(H,19,20). The van der Waals surface area contributed by atoms with Gasteiger partial charge in [-0.2, -0.15) is 0 Å². The minimum absolute atomic E-state index is 0.0238. The number of hydrogen-bond acceptors (Lipinski definition) is 2. The van der Waals surface area contributed by atoms with Crippen molar-refractivity contribution in [3.05, 3.63) is 65.2 Å². The largest absolute Gasteiger partial charge is 0.481 e. The number of nitrogens with zero attached hydrogens (tertiary/aromatic N) is 1. The van der Waals surface area contributed by atoms with Crippen LogP contribution >= 0.6 is 0 Å². The zero-order valence-corrected chi connectivity index (χ0v) is 11.5. The summed E-state index contributed by atoms with van der Waals surface area (Å²) >= 11 is 0. The van der Waals surface area contributed by atoms with Crippen molar-refractivity contribution in [3.8, 4) is 0 Å². The highest BCUT2D eigenvalue weighted by Crippen LogP contribution is 2.25. The van der Waals surface area contributed by atoms with Gasteiger partial charge in [-0.1, -0.05) is 30.3 Å². The van der Waals surface area contributed by atoms with Crippen molar-refractivity contribution in [2.75, 3.05) is 11.4 Å². The van der Waals surface area contributed by atoms with E-state index in [1.54, 1.807) is 23.1 Å². The molecule has 21 heavy (non-hydrogen) atoms. The van der Waals surface area contributed by atoms with Gasteiger partial charge in [-0.25, -0.2) is 0 Å². The molecule has 106 valence electrons. The summed E-state index contributed by atoms with van der Waals surface area (Å²) in [6.45, 7) is 0.617. The van der Waals surface area contributed by atoms with Crippen LogP contribution < -0.4 is 4.90 Å². The molecule has 1 amide bonds. The van der Waals surface area contributed by atoms with E-state index in [0.29, 0.717) is 12.1 Å². The van der Waals surface area contributed by atoms with Crippen molar-refractivity contribution < 1.29 is 14.7 Å². The molecule has 1 heterocycles. The average molecular weight is 281 g/mol. The van der Waals surface area contributed by atoms with Crippen LogP contribution in [0, 0.1) is 0 Å². The summed E-state index contributed by atoms with van der Waals surface area (Å²) in [5.41, 5.74) is 3.26. The molecule has 2 aromatic rings. The molecule has 0 spiro atoms. The lowest BCUT2D eigenvalue weighted by atomic mass is 9.98. The van der Waals surface area contributed by atoms with Gasteiger partial charge < -0.3 is 10.0 Å². The van der Waals surface area contributed by atoms with E-state index in [2.05, 4.69) is 0 Å². The van der Waals surface area contributed by atoms with Gasteiger partial charge >= 0.3 is 5.97 Å². The lowest BCUT2D eigenvalue weighted by Crippen LogP contribution is -2.37. The first-order chi connectivity index (χ1) is 10.1. The van der Waals surface area contributed by atoms with Crippen LogP contribution in [0.2, 0.25) is 0 Å². The van der Waals surface area contributed by atoms with Crippen LogP contribution in [0.25, 0.3) is 0 Å². The third kappa shape index (κ3) is 2.65. The molecule has 1 N–H and O–H groups in total. The minimum atomic E-state index is -0.873. The van der Waals surface area contributed by atoms with Crippen molar-refractivity contribution in [1.82, 2.24) is 0 Å². The zero-order valence-electron chi connectivity index (χ0n) is 11.5. The number of carbonyl (C=O) groups is 2. The highest BCUT2D eigenvalue weighted by atomic mass is 16.4. The first-order valence-corrected chi connectivity index (χ1v) is 6.85. The Labute approximate surface area is 122 Å². The Bertz CT molecular complexity index is 709. The highest BCUT2D eigenvalue weighted by Gasteiger charge is 2.25. The van der Waals surface area contributed by atoms with Crippen LogP contribution in [0.4, 0.5) is 5.69 Å². The maximum atomic E-state index is 12.6. The van der Waals surface area contributed by atoms with Gasteiger partial charge in [-0.15, -0.1) is 0 Å². The van der Waals surface area contributed by atoms with Crippen LogP contribution in [0.15, 0.2) is 48.5 Å². The lowest BCUT2D eigenvalue weighted by Gasteiger charge is -2.28. The molecule has 0 atom stereocenters. The molecule has 0 fully saturated rings. The molecule has 0 radical (unpaired) electrons. The van der Waals surface area contributed by atoms with Gasteiger partial charge in [0.15, 0.2) is 0 Å². The number of carboxylic acid groups (broad SMARTS) is 1. The summed E-state index contributed by atoms with van der Waals surface area (Å²) in [4.78, 5) is 25.1. The average Bonchev–Trinajstić information content (AvgIpc) is 2.47. The number of benzene rings is 2. The minimum Gasteiger partial charge on any atom is -0.481 e. The van der Waals surface area contributed by atoms with Gasteiger partial charge in [0.1, 0.15) is 0 Å². The molecule has 0 saturated heterocycles. The first kappa shape index (κ1) is 13.4. The molecule has 0 aromatic heterocycles. The van der Waals surface area contributed by atoms with Crippen LogP contribution in [-0.2, 0) is 17.6 Å². The van der Waals surface area contributed by atoms with Crippen molar-refractivity contribution in [3.63, 3.8) is 0 Å². The monoisotopic (exact) mass is 281 g/mol. The van der Waals surface area contributed by atoms with E-state index < -0.39 is 5.97 Å². The Hall–Kier alpha value is -2.62. The van der Waals surface area contributed by atoms with Gasteiger partial charge in [-0.05, 0) is 35.7 Å². The summed E-state index contributed by atoms with van der Waals surface area (Å²) in [5, 5.41) is 8.87. The first-order valence-electron chi connectivity index (χ1n) is 6.85. The quantitative estimate of drug-likeness (QED) is 0.940. The molecule has 4 nitrogen and oxygen atoms in total. The number of fused-ring (bicyclic) bond motifs is 1. The van der Waals surface area contributed by atoms with Gasteiger partial charge in [0.05, 0.1) is 6.42 Å². The van der Waals surface area contributed by atoms with Crippen LogP contribution in [0.1, 0.15) is 21.5 Å². The fraction of sp³-hybridized carbons (Fsp3) is 0.176. The second kappa shape index (κ2) is 5.40. The predicted octanol–water partition coefficient (Wildman–Crippen LogP) is 2.52. The normalized spacial score (nSPS) is 13.9. The van der Waals surface area contributed by atoms with E-state index in [1.807, 2.05) is 30.3 Å². The Balaban J connectivity index is 1.92. The Morgan fingerprint density at radius 3 is 2.76 bits per heavy atom. The molecule has 2 aromatic carbocycles. The smallest absolute Gasteiger partial charge is 0.307 e. The van der Waals surface area contributed by atoms with Crippen LogP contribution in [-0.4, -0.2) is 23.5 Å². The number of hydrogen-bond donors (Lipinski definition) is 1. The molecule has 1 aliphatic heterocycles. The Morgan fingerprint density at radius 2 is 1.95 bits per heavy atom. The van der Waals surface area contributed by atoms with E-state index in [1.165, 1.54) is 0 Å². The van der Waals surface area contributed by atoms with Crippen LogP contribution in [0.3, 0.4) is 0 Å². The Morgan fingerprint density at radius 1 is 1.14 bits per heavy atom. The van der Waals surface area contributed by atoms with E-state index in [9.17, 15) is 9.59 Å². The number of carbonyl (C=O) groups excluding carboxylic acids is 1. The second-order valence-electron chi connectivity index (χ2n) is 5.10. The number of amides is 1. The maximum Gasteiger partial charge on any atom is 0.307 e. The molecular weight excluding hydrogens is 266 g/mol. The summed E-state index contributed by atoms with van der Waals surface area (Å²) < 4.78 is 0. The number of rotatable bonds is 3. The molecule has 1 aliphatic rings. The summed E-state index contributed by atoms with van der Waals surface area (Å²) in [6.07, 6.45) is 0.775. The van der Waals surface area contributed by atoms with E-state index in [0.717, 1.165) is 23.2 Å². The van der Waals surface area contributed by atoms with Crippen molar-refractivity contribution >= 4 is 17.6 Å². The molecule has 3 rings (SSSR count). The van der Waals surface area contributed by atoms with Crippen LogP contribution in [0.5, 0.6) is 0 Å². The van der Waals surface area contributed by atoms with Crippen molar-refractivity contribution in [1.29, 1.82) is 0 Å². The summed E-state index contributed by atoms with van der Waals surface area (Å²) in [6, 6.07) is 14.8. The molecule has 4 heteroatoms. The van der Waals surface area contributed by atoms with Gasteiger partial charge in [0.25, 0.3) is 5.91 Å². The van der Waals surface area contributed by atoms with E-state index in [4.69, 9.17) is 5.11 Å². The number of anilines is 1. The SMILES string of the molecule is O=C(O)Cc1cccc(N2CCc3ccccc3C2=O)c1. The predicted molar refractivity (Wildman–Crippen MR) is 79.6 cm³/mol. The molecule has 0 aliphatic carbocycles. The molecule has 0 unspecified atom stereocenters. The second-order valence-corrected chi connectivity index (χ2v) is 5.10. The third-order valence-electron chi connectivity index (χ3n) is 3.68. The van der Waals surface area contributed by atoms with E-state index in [-0.39, 0.29) is 12.3 Å². The molecule has 0 saturated carbocycles. The fourth-order valence-corrected chi connectivity index (χ4v) is 2.68. The summed E-state index contributed by atoms with van der Waals surface area (Å²) in [5.74, 6) is -0.896. The van der Waals surface area contributed by atoms with Gasteiger partial charge in [0, 0.05) is 17.8 Å². The third-order valence-corrected chi connectivity index (χ3v) is 3.68. The fourth-order valence-electron chi connectivity index (χ4n) is 2.68. The maximum absolute atomic E-state index is 12.6. The Kier molecular flexibility index (Phi) is 3.44. The van der Waals surface area contributed by atoms with Gasteiger partial charge in [-0.3, -0.25) is 9.59 Å². The summed E-state index contributed by atoms with van der Waals surface area (Å²) in [7, 11) is 0. The lowest BCUT2D eigenvalue weighted by molar-refractivity contribution is -0.136. The van der Waals surface area contributed by atoms with Crippen molar-refractivity contribution in [2.45, 2.75) is 12.8 Å². The topological polar surface area (TPSA) is 57.6 Å². The number of aliphatic carboxylic acids is 1. The molecular formula is C17H15NO3. The molecule has 0 bridgehead atoms. The van der Waals surface area contributed by atoms with Gasteiger partial charge in [0.2, 0.25) is 0 Å². The van der Waals surface area contributed by atoms with Crippen molar-refractivity contribution in [2.24, 2.45) is 0 Å². The van der Waals surface area contributed by atoms with E-state index >= 15 is 0 Å². The number of carboxylic acids is 1. The zero-order chi connectivity index (χ0) is 14.8. The highest BCUT2D eigenvalue weighted by molar-refractivity contribution is 6.08.